The van der Waals surface area contributed by atoms with Gasteiger partial charge in [0.05, 0.1) is 15.6 Å². The van der Waals surface area contributed by atoms with Gasteiger partial charge >= 0.3 is 5.97 Å². The van der Waals surface area contributed by atoms with E-state index in [0.717, 1.165) is 0 Å². The van der Waals surface area contributed by atoms with Crippen LogP contribution in [0, 0.1) is 11.3 Å². The maximum Gasteiger partial charge on any atom is 0.344 e. The Labute approximate surface area is 123 Å². The lowest BCUT2D eigenvalue weighted by molar-refractivity contribution is 0.0727. The highest BCUT2D eigenvalue weighted by molar-refractivity contribution is 6.42. The molecule has 1 heterocycles. The molecule has 0 fully saturated rings. The summed E-state index contributed by atoms with van der Waals surface area (Å²) in [4.78, 5) is 25.5. The van der Waals surface area contributed by atoms with Gasteiger partial charge in [0, 0.05) is 6.07 Å². The van der Waals surface area contributed by atoms with Crippen LogP contribution in [-0.4, -0.2) is 11.0 Å². The van der Waals surface area contributed by atoms with Gasteiger partial charge in [-0.15, -0.1) is 0 Å². The van der Waals surface area contributed by atoms with Gasteiger partial charge in [0.15, 0.2) is 0 Å². The number of carbonyl (C=O) groups excluding carboxylic acids is 1. The second-order valence-corrected chi connectivity index (χ2v) is 4.51. The molecule has 7 heteroatoms. The van der Waals surface area contributed by atoms with Crippen molar-refractivity contribution in [3.63, 3.8) is 0 Å². The SMILES string of the molecule is N#Cc1ccc(OC(=O)c2ccc(Cl)c(Cl)c2)[nH]c1=O. The summed E-state index contributed by atoms with van der Waals surface area (Å²) in [6.45, 7) is 0. The van der Waals surface area contributed by atoms with Gasteiger partial charge in [-0.25, -0.2) is 4.79 Å². The van der Waals surface area contributed by atoms with E-state index < -0.39 is 11.5 Å². The molecule has 0 atom stereocenters. The number of H-pyrrole nitrogens is 1. The van der Waals surface area contributed by atoms with Crippen molar-refractivity contribution in [2.24, 2.45) is 0 Å². The Balaban J connectivity index is 2.23. The lowest BCUT2D eigenvalue weighted by Crippen LogP contribution is -2.15. The van der Waals surface area contributed by atoms with Gasteiger partial charge in [-0.2, -0.15) is 5.26 Å². The van der Waals surface area contributed by atoms with Crippen molar-refractivity contribution in [3.05, 3.63) is 61.9 Å². The van der Waals surface area contributed by atoms with Crippen LogP contribution in [0.2, 0.25) is 10.0 Å². The van der Waals surface area contributed by atoms with Crippen LogP contribution in [0.1, 0.15) is 15.9 Å². The molecular weight excluding hydrogens is 303 g/mol. The normalized spacial score (nSPS) is 9.85. The predicted molar refractivity (Wildman–Crippen MR) is 73.2 cm³/mol. The third kappa shape index (κ3) is 2.99. The first-order valence-corrected chi connectivity index (χ1v) is 6.07. The van der Waals surface area contributed by atoms with Crippen LogP contribution in [0.3, 0.4) is 0 Å². The molecule has 0 saturated carbocycles. The first-order chi connectivity index (χ1) is 9.51. The molecule has 1 N–H and O–H groups in total. The van der Waals surface area contributed by atoms with Gasteiger partial charge in [-0.3, -0.25) is 9.78 Å². The molecule has 5 nitrogen and oxygen atoms in total. The van der Waals surface area contributed by atoms with E-state index in [1.165, 1.54) is 30.3 Å². The number of nitrogens with zero attached hydrogens (tertiary/aromatic N) is 1. The molecule has 2 aromatic rings. The van der Waals surface area contributed by atoms with E-state index in [-0.39, 0.29) is 22.0 Å². The Morgan fingerprint density at radius 3 is 2.55 bits per heavy atom. The van der Waals surface area contributed by atoms with Crippen LogP contribution in [-0.2, 0) is 0 Å². The van der Waals surface area contributed by atoms with E-state index in [2.05, 4.69) is 4.98 Å². The summed E-state index contributed by atoms with van der Waals surface area (Å²) in [7, 11) is 0. The van der Waals surface area contributed by atoms with Gasteiger partial charge in [0.25, 0.3) is 5.56 Å². The predicted octanol–water partition coefficient (Wildman–Crippen LogP) is 2.77. The van der Waals surface area contributed by atoms with Crippen LogP contribution in [0.5, 0.6) is 5.88 Å². The first-order valence-electron chi connectivity index (χ1n) is 5.32. The number of halogens is 2. The highest BCUT2D eigenvalue weighted by Crippen LogP contribution is 2.23. The smallest absolute Gasteiger partial charge is 0.344 e. The average molecular weight is 309 g/mol. The molecular formula is C13H6Cl2N2O3. The number of nitrogens with one attached hydrogen (secondary N) is 1. The quantitative estimate of drug-likeness (QED) is 0.865. The molecule has 0 saturated heterocycles. The number of carbonyl (C=O) groups is 1. The Morgan fingerprint density at radius 2 is 1.95 bits per heavy atom. The van der Waals surface area contributed by atoms with E-state index in [4.69, 9.17) is 33.2 Å². The highest BCUT2D eigenvalue weighted by atomic mass is 35.5. The van der Waals surface area contributed by atoms with Crippen LogP contribution in [0.25, 0.3) is 0 Å². The molecule has 0 aliphatic heterocycles. The number of hydrogen-bond donors (Lipinski definition) is 1. The summed E-state index contributed by atoms with van der Waals surface area (Å²) in [5, 5.41) is 9.15. The molecule has 2 rings (SSSR count). The topological polar surface area (TPSA) is 82.9 Å². The fourth-order valence-corrected chi connectivity index (χ4v) is 1.68. The van der Waals surface area contributed by atoms with Crippen molar-refractivity contribution < 1.29 is 9.53 Å². The maximum atomic E-state index is 11.8. The van der Waals surface area contributed by atoms with Gasteiger partial charge in [-0.05, 0) is 24.3 Å². The third-order valence-corrected chi connectivity index (χ3v) is 3.10. The summed E-state index contributed by atoms with van der Waals surface area (Å²) in [6.07, 6.45) is 0. The summed E-state index contributed by atoms with van der Waals surface area (Å²) in [5.41, 5.74) is -0.518. The molecule has 100 valence electrons. The number of benzene rings is 1. The molecule has 0 amide bonds. The lowest BCUT2D eigenvalue weighted by Gasteiger charge is -2.04. The molecule has 0 bridgehead atoms. The van der Waals surface area contributed by atoms with Gasteiger partial charge < -0.3 is 4.74 Å². The molecule has 20 heavy (non-hydrogen) atoms. The molecule has 1 aromatic carbocycles. The zero-order valence-electron chi connectivity index (χ0n) is 9.81. The van der Waals surface area contributed by atoms with Crippen LogP contribution >= 0.6 is 23.2 Å². The van der Waals surface area contributed by atoms with Crippen molar-refractivity contribution in [1.29, 1.82) is 5.26 Å². The molecule has 0 unspecified atom stereocenters. The third-order valence-electron chi connectivity index (χ3n) is 2.36. The van der Waals surface area contributed by atoms with Crippen molar-refractivity contribution in [2.75, 3.05) is 0 Å². The zero-order chi connectivity index (χ0) is 14.7. The Bertz CT molecular complexity index is 778. The second-order valence-electron chi connectivity index (χ2n) is 3.70. The number of aromatic amines is 1. The molecule has 0 radical (unpaired) electrons. The minimum atomic E-state index is -0.705. The van der Waals surface area contributed by atoms with Crippen LogP contribution in [0.4, 0.5) is 0 Å². The first kappa shape index (κ1) is 14.1. The maximum absolute atomic E-state index is 11.8. The van der Waals surface area contributed by atoms with Crippen molar-refractivity contribution in [1.82, 2.24) is 4.98 Å². The monoisotopic (exact) mass is 308 g/mol. The number of pyridine rings is 1. The number of hydrogen-bond acceptors (Lipinski definition) is 4. The van der Waals surface area contributed by atoms with E-state index in [9.17, 15) is 9.59 Å². The number of ether oxygens (including phenoxy) is 1. The number of rotatable bonds is 2. The highest BCUT2D eigenvalue weighted by Gasteiger charge is 2.11. The van der Waals surface area contributed by atoms with E-state index in [1.807, 2.05) is 0 Å². The van der Waals surface area contributed by atoms with Crippen LogP contribution < -0.4 is 10.3 Å². The zero-order valence-corrected chi connectivity index (χ0v) is 11.3. The van der Waals surface area contributed by atoms with Gasteiger partial charge in [0.1, 0.15) is 11.6 Å². The fraction of sp³-hybridized carbons (Fsp3) is 0. The van der Waals surface area contributed by atoms with E-state index in [0.29, 0.717) is 5.02 Å². The van der Waals surface area contributed by atoms with Crippen molar-refractivity contribution in [3.8, 4) is 11.9 Å². The average Bonchev–Trinajstić information content (AvgIpc) is 2.42. The molecule has 1 aromatic heterocycles. The summed E-state index contributed by atoms with van der Waals surface area (Å²) in [6, 6.07) is 8.54. The van der Waals surface area contributed by atoms with Gasteiger partial charge in [0.2, 0.25) is 5.88 Å². The van der Waals surface area contributed by atoms with E-state index in [1.54, 1.807) is 6.07 Å². The number of esters is 1. The Hall–Kier alpha value is -2.29. The Kier molecular flexibility index (Phi) is 4.08. The minimum absolute atomic E-state index is 0.0647. The summed E-state index contributed by atoms with van der Waals surface area (Å²) in [5.74, 6) is -0.769. The largest absolute Gasteiger partial charge is 0.406 e. The van der Waals surface area contributed by atoms with Crippen molar-refractivity contribution in [2.45, 2.75) is 0 Å². The molecule has 0 spiro atoms. The van der Waals surface area contributed by atoms with Gasteiger partial charge in [-0.1, -0.05) is 23.2 Å². The Morgan fingerprint density at radius 1 is 1.20 bits per heavy atom. The summed E-state index contributed by atoms with van der Waals surface area (Å²) < 4.78 is 4.97. The fourth-order valence-electron chi connectivity index (χ4n) is 1.39. The molecule has 0 aliphatic rings. The van der Waals surface area contributed by atoms with Crippen molar-refractivity contribution >= 4 is 29.2 Å². The lowest BCUT2D eigenvalue weighted by atomic mass is 10.2. The van der Waals surface area contributed by atoms with E-state index >= 15 is 0 Å². The van der Waals surface area contributed by atoms with Crippen LogP contribution in [0.15, 0.2) is 35.1 Å². The number of nitriles is 1. The number of aromatic nitrogens is 1. The molecule has 0 aliphatic carbocycles. The second kappa shape index (κ2) is 5.78. The minimum Gasteiger partial charge on any atom is -0.406 e. The standard InChI is InChI=1S/C13H6Cl2N2O3/c14-9-3-1-7(5-10(9)15)13(19)20-11-4-2-8(6-16)12(18)17-11/h1-5H,(H,17,18). The summed E-state index contributed by atoms with van der Waals surface area (Å²) >= 11 is 11.5.